The van der Waals surface area contributed by atoms with Gasteiger partial charge in [-0.3, -0.25) is 0 Å². The fourth-order valence-corrected chi connectivity index (χ4v) is 3.46. The van der Waals surface area contributed by atoms with Crippen LogP contribution in [-0.4, -0.2) is 31.9 Å². The van der Waals surface area contributed by atoms with Gasteiger partial charge in [-0.15, -0.1) is 0 Å². The van der Waals surface area contributed by atoms with Gasteiger partial charge in [0, 0.05) is 12.5 Å². The number of hydrogen-bond acceptors (Lipinski definition) is 3. The van der Waals surface area contributed by atoms with Gasteiger partial charge in [0.2, 0.25) is 0 Å². The average Bonchev–Trinajstić information content (AvgIpc) is 2.97. The van der Waals surface area contributed by atoms with Crippen molar-refractivity contribution >= 4 is 0 Å². The van der Waals surface area contributed by atoms with Crippen molar-refractivity contribution in [2.75, 3.05) is 19.8 Å². The fraction of sp³-hybridized carbons (Fsp3) is 0.667. The van der Waals surface area contributed by atoms with E-state index in [1.807, 2.05) is 0 Å². The van der Waals surface area contributed by atoms with Crippen LogP contribution in [0.5, 0.6) is 5.75 Å². The molecule has 0 saturated heterocycles. The van der Waals surface area contributed by atoms with Gasteiger partial charge in [-0.25, -0.2) is 0 Å². The molecule has 1 N–H and O–H groups in total. The molecule has 0 radical (unpaired) electrons. The van der Waals surface area contributed by atoms with Gasteiger partial charge in [0.25, 0.3) is 0 Å². The Kier molecular flexibility index (Phi) is 5.15. The molecule has 1 saturated carbocycles. The van der Waals surface area contributed by atoms with E-state index >= 15 is 0 Å². The first kappa shape index (κ1) is 14.9. The molecule has 1 aromatic carbocycles. The van der Waals surface area contributed by atoms with Gasteiger partial charge >= 0.3 is 0 Å². The highest BCUT2D eigenvalue weighted by atomic mass is 16.5. The van der Waals surface area contributed by atoms with E-state index in [1.54, 1.807) is 0 Å². The summed E-state index contributed by atoms with van der Waals surface area (Å²) in [6.45, 7) is 4.95. The van der Waals surface area contributed by atoms with Crippen molar-refractivity contribution in [2.45, 2.75) is 57.6 Å². The predicted molar refractivity (Wildman–Crippen MR) is 85.0 cm³/mol. The second-order valence-corrected chi connectivity index (χ2v) is 6.19. The zero-order valence-corrected chi connectivity index (χ0v) is 13.1. The molecular formula is C18H27NO2. The van der Waals surface area contributed by atoms with Crippen LogP contribution in [-0.2, 0) is 17.6 Å². The van der Waals surface area contributed by atoms with Crippen molar-refractivity contribution in [2.24, 2.45) is 0 Å². The average molecular weight is 289 g/mol. The summed E-state index contributed by atoms with van der Waals surface area (Å²) in [6, 6.07) is 7.29. The third-order valence-electron chi connectivity index (χ3n) is 4.67. The first-order chi connectivity index (χ1) is 10.3. The minimum Gasteiger partial charge on any atom is -0.493 e. The summed E-state index contributed by atoms with van der Waals surface area (Å²) >= 11 is 0. The number of ether oxygens (including phenoxy) is 2. The highest BCUT2D eigenvalue weighted by molar-refractivity contribution is 5.39. The van der Waals surface area contributed by atoms with Gasteiger partial charge in [-0.2, -0.15) is 0 Å². The Morgan fingerprint density at radius 3 is 2.90 bits per heavy atom. The number of benzene rings is 1. The molecule has 1 heterocycles. The number of nitrogens with one attached hydrogen (secondary N) is 1. The quantitative estimate of drug-likeness (QED) is 0.873. The molecule has 116 valence electrons. The van der Waals surface area contributed by atoms with Crippen LogP contribution in [0.15, 0.2) is 18.2 Å². The van der Waals surface area contributed by atoms with Gasteiger partial charge in [-0.05, 0) is 55.8 Å². The van der Waals surface area contributed by atoms with Crippen molar-refractivity contribution in [1.82, 2.24) is 5.32 Å². The van der Waals surface area contributed by atoms with Crippen LogP contribution in [0.25, 0.3) is 0 Å². The Morgan fingerprint density at radius 1 is 1.24 bits per heavy atom. The van der Waals surface area contributed by atoms with Crippen molar-refractivity contribution < 1.29 is 9.47 Å². The van der Waals surface area contributed by atoms with E-state index in [-0.39, 0.29) is 0 Å². The van der Waals surface area contributed by atoms with E-state index in [1.165, 1.54) is 36.8 Å². The molecule has 1 aliphatic carbocycles. The highest BCUT2D eigenvalue weighted by Crippen LogP contribution is 2.26. The van der Waals surface area contributed by atoms with E-state index in [9.17, 15) is 0 Å². The molecule has 3 rings (SSSR count). The lowest BCUT2D eigenvalue weighted by atomic mass is 9.93. The summed E-state index contributed by atoms with van der Waals surface area (Å²) in [5.74, 6) is 1.07. The maximum atomic E-state index is 6.07. The molecule has 2 aliphatic rings. The van der Waals surface area contributed by atoms with Crippen LogP contribution in [0.3, 0.4) is 0 Å². The second-order valence-electron chi connectivity index (χ2n) is 6.19. The Morgan fingerprint density at radius 2 is 2.10 bits per heavy atom. The highest BCUT2D eigenvalue weighted by Gasteiger charge is 2.20. The summed E-state index contributed by atoms with van der Waals surface area (Å²) in [5.41, 5.74) is 2.74. The van der Waals surface area contributed by atoms with Crippen LogP contribution < -0.4 is 10.1 Å². The summed E-state index contributed by atoms with van der Waals surface area (Å²) < 4.78 is 11.6. The van der Waals surface area contributed by atoms with Gasteiger partial charge < -0.3 is 14.8 Å². The largest absolute Gasteiger partial charge is 0.493 e. The zero-order valence-electron chi connectivity index (χ0n) is 13.1. The molecular weight excluding hydrogens is 262 g/mol. The predicted octanol–water partition coefficient (Wildman–Crippen LogP) is 3.10. The summed E-state index contributed by atoms with van der Waals surface area (Å²) in [4.78, 5) is 0. The van der Waals surface area contributed by atoms with Crippen molar-refractivity contribution in [3.05, 3.63) is 29.3 Å². The lowest BCUT2D eigenvalue weighted by Gasteiger charge is -2.29. The molecule has 1 aromatic rings. The third-order valence-corrected chi connectivity index (χ3v) is 4.67. The van der Waals surface area contributed by atoms with Gasteiger partial charge in [0.1, 0.15) is 5.75 Å². The maximum Gasteiger partial charge on any atom is 0.122 e. The maximum absolute atomic E-state index is 6.07. The van der Waals surface area contributed by atoms with Crippen LogP contribution >= 0.6 is 0 Å². The molecule has 0 amide bonds. The molecule has 3 heteroatoms. The number of fused-ring (bicyclic) bond motifs is 1. The van der Waals surface area contributed by atoms with Crippen molar-refractivity contribution in [3.63, 3.8) is 0 Å². The van der Waals surface area contributed by atoms with Gasteiger partial charge in [0.05, 0.1) is 19.3 Å². The monoisotopic (exact) mass is 289 g/mol. The minimum atomic E-state index is 0.470. The molecule has 21 heavy (non-hydrogen) atoms. The lowest BCUT2D eigenvalue weighted by Crippen LogP contribution is -2.35. The van der Waals surface area contributed by atoms with Gasteiger partial charge in [0.15, 0.2) is 0 Å². The van der Waals surface area contributed by atoms with E-state index in [0.717, 1.165) is 38.3 Å². The Bertz CT molecular complexity index is 453. The minimum absolute atomic E-state index is 0.470. The van der Waals surface area contributed by atoms with Crippen LogP contribution in [0, 0.1) is 0 Å². The van der Waals surface area contributed by atoms with Crippen LogP contribution in [0.1, 0.15) is 43.7 Å². The molecule has 0 spiro atoms. The Labute approximate surface area is 128 Å². The zero-order chi connectivity index (χ0) is 14.5. The van der Waals surface area contributed by atoms with E-state index in [2.05, 4.69) is 30.4 Å². The SMILES string of the molecule is CCNC1CCC(OCCc2ccc3c(c2)CCO3)CC1. The van der Waals surface area contributed by atoms with Crippen LogP contribution in [0.2, 0.25) is 0 Å². The summed E-state index contributed by atoms with van der Waals surface area (Å²) in [7, 11) is 0. The number of hydrogen-bond donors (Lipinski definition) is 1. The molecule has 1 aliphatic heterocycles. The number of rotatable bonds is 6. The van der Waals surface area contributed by atoms with Crippen molar-refractivity contribution in [1.29, 1.82) is 0 Å². The van der Waals surface area contributed by atoms with Crippen LogP contribution in [0.4, 0.5) is 0 Å². The molecule has 0 aromatic heterocycles. The standard InChI is InChI=1S/C18H27NO2/c1-2-19-16-4-6-17(7-5-16)20-11-9-14-3-8-18-15(13-14)10-12-21-18/h3,8,13,16-17,19H,2,4-7,9-12H2,1H3. The van der Waals surface area contributed by atoms with E-state index in [4.69, 9.17) is 9.47 Å². The van der Waals surface area contributed by atoms with E-state index < -0.39 is 0 Å². The smallest absolute Gasteiger partial charge is 0.122 e. The van der Waals surface area contributed by atoms with Crippen molar-refractivity contribution in [3.8, 4) is 5.75 Å². The summed E-state index contributed by atoms with van der Waals surface area (Å²) in [5, 5.41) is 3.54. The molecule has 0 unspecified atom stereocenters. The first-order valence-corrected chi connectivity index (χ1v) is 8.44. The summed E-state index contributed by atoms with van der Waals surface area (Å²) in [6.07, 6.45) is 7.46. The molecule has 1 fully saturated rings. The lowest BCUT2D eigenvalue weighted by molar-refractivity contribution is 0.0244. The topological polar surface area (TPSA) is 30.5 Å². The normalized spacial score (nSPS) is 24.6. The fourth-order valence-electron chi connectivity index (χ4n) is 3.46. The third kappa shape index (κ3) is 3.98. The second kappa shape index (κ2) is 7.28. The Hall–Kier alpha value is -1.06. The Balaban J connectivity index is 1.39. The molecule has 0 bridgehead atoms. The van der Waals surface area contributed by atoms with E-state index in [0.29, 0.717) is 12.1 Å². The van der Waals surface area contributed by atoms with Gasteiger partial charge in [-0.1, -0.05) is 19.1 Å². The molecule has 3 nitrogen and oxygen atoms in total. The first-order valence-electron chi connectivity index (χ1n) is 8.44. The molecule has 0 atom stereocenters.